The minimum atomic E-state index is -0.0164. The van der Waals surface area contributed by atoms with Crippen molar-refractivity contribution in [3.8, 4) is 11.5 Å². The lowest BCUT2D eigenvalue weighted by Crippen LogP contribution is -2.14. The summed E-state index contributed by atoms with van der Waals surface area (Å²) < 4.78 is 10.5. The molecule has 0 spiro atoms. The second-order valence-electron chi connectivity index (χ2n) is 4.63. The molecule has 1 aliphatic rings. The summed E-state index contributed by atoms with van der Waals surface area (Å²) >= 11 is 6.24. The number of hydrogen-bond acceptors (Lipinski definition) is 3. The predicted octanol–water partition coefficient (Wildman–Crippen LogP) is 3.01. The monoisotopic (exact) mass is 255 g/mol. The van der Waals surface area contributed by atoms with E-state index in [4.69, 9.17) is 26.8 Å². The van der Waals surface area contributed by atoms with Crippen molar-refractivity contribution in [2.24, 2.45) is 17.6 Å². The van der Waals surface area contributed by atoms with Crippen LogP contribution >= 0.6 is 11.6 Å². The smallest absolute Gasteiger partial charge is 0.162 e. The molecule has 0 amide bonds. The molecule has 17 heavy (non-hydrogen) atoms. The number of methoxy groups -OCH3 is 2. The molecular formula is C13H18ClNO2. The zero-order chi connectivity index (χ0) is 12.6. The number of rotatable bonds is 4. The minimum absolute atomic E-state index is 0.0164. The highest BCUT2D eigenvalue weighted by atomic mass is 35.5. The van der Waals surface area contributed by atoms with E-state index in [9.17, 15) is 0 Å². The van der Waals surface area contributed by atoms with Gasteiger partial charge in [0, 0.05) is 17.1 Å². The molecule has 0 bridgehead atoms. The zero-order valence-electron chi connectivity index (χ0n) is 10.4. The number of benzene rings is 1. The van der Waals surface area contributed by atoms with Gasteiger partial charge in [0.05, 0.1) is 14.2 Å². The van der Waals surface area contributed by atoms with Crippen molar-refractivity contribution in [1.82, 2.24) is 0 Å². The van der Waals surface area contributed by atoms with Crippen molar-refractivity contribution in [3.05, 3.63) is 22.7 Å². The van der Waals surface area contributed by atoms with E-state index in [1.165, 1.54) is 6.42 Å². The Morgan fingerprint density at radius 3 is 2.29 bits per heavy atom. The van der Waals surface area contributed by atoms with Gasteiger partial charge in [-0.25, -0.2) is 0 Å². The fraction of sp³-hybridized carbons (Fsp3) is 0.538. The third-order valence-corrected chi connectivity index (χ3v) is 3.82. The summed E-state index contributed by atoms with van der Waals surface area (Å²) in [4.78, 5) is 0. The standard InChI is InChI=1S/C13H18ClNO2/c1-7-4-8(7)13(15)9-5-11(16-2)12(17-3)6-10(9)14/h5-8,13H,4,15H2,1-3H3. The van der Waals surface area contributed by atoms with Gasteiger partial charge in [-0.05, 0) is 29.9 Å². The second-order valence-corrected chi connectivity index (χ2v) is 5.04. The molecule has 1 fully saturated rings. The molecule has 2 rings (SSSR count). The fourth-order valence-electron chi connectivity index (χ4n) is 2.21. The van der Waals surface area contributed by atoms with Crippen LogP contribution in [0.5, 0.6) is 11.5 Å². The molecule has 3 atom stereocenters. The summed E-state index contributed by atoms with van der Waals surface area (Å²) in [6.45, 7) is 2.21. The van der Waals surface area contributed by atoms with Crippen LogP contribution in [0.15, 0.2) is 12.1 Å². The normalized spacial score (nSPS) is 24.3. The van der Waals surface area contributed by atoms with Crippen LogP contribution in [0.4, 0.5) is 0 Å². The maximum Gasteiger partial charge on any atom is 0.162 e. The van der Waals surface area contributed by atoms with E-state index in [-0.39, 0.29) is 6.04 Å². The van der Waals surface area contributed by atoms with Gasteiger partial charge in [-0.15, -0.1) is 0 Å². The van der Waals surface area contributed by atoms with E-state index in [0.29, 0.717) is 28.4 Å². The summed E-state index contributed by atoms with van der Waals surface area (Å²) in [6.07, 6.45) is 1.17. The summed E-state index contributed by atoms with van der Waals surface area (Å²) in [7, 11) is 3.21. The maximum atomic E-state index is 6.24. The highest BCUT2D eigenvalue weighted by Gasteiger charge is 2.39. The Kier molecular flexibility index (Phi) is 3.50. The number of hydrogen-bond donors (Lipinski definition) is 1. The first-order valence-corrected chi connectivity index (χ1v) is 6.13. The summed E-state index contributed by atoms with van der Waals surface area (Å²) in [5, 5.41) is 0.647. The quantitative estimate of drug-likeness (QED) is 0.900. The number of halogens is 1. The van der Waals surface area contributed by atoms with Gasteiger partial charge in [-0.3, -0.25) is 0 Å². The third kappa shape index (κ3) is 2.35. The Balaban J connectivity index is 2.33. The van der Waals surface area contributed by atoms with Crippen molar-refractivity contribution in [3.63, 3.8) is 0 Å². The van der Waals surface area contributed by atoms with Gasteiger partial charge < -0.3 is 15.2 Å². The van der Waals surface area contributed by atoms with Gasteiger partial charge in [0.2, 0.25) is 0 Å². The van der Waals surface area contributed by atoms with Crippen LogP contribution in [0, 0.1) is 11.8 Å². The third-order valence-electron chi connectivity index (χ3n) is 3.49. The molecule has 1 aliphatic carbocycles. The molecule has 94 valence electrons. The minimum Gasteiger partial charge on any atom is -0.493 e. The first kappa shape index (κ1) is 12.5. The summed E-state index contributed by atoms with van der Waals surface area (Å²) in [5.74, 6) is 2.53. The van der Waals surface area contributed by atoms with E-state index in [2.05, 4.69) is 6.92 Å². The highest BCUT2D eigenvalue weighted by Crippen LogP contribution is 2.48. The molecule has 3 unspecified atom stereocenters. The molecule has 4 heteroatoms. The van der Waals surface area contributed by atoms with E-state index < -0.39 is 0 Å². The number of nitrogens with two attached hydrogens (primary N) is 1. The Morgan fingerprint density at radius 1 is 1.29 bits per heavy atom. The van der Waals surface area contributed by atoms with Crippen LogP contribution in [0.3, 0.4) is 0 Å². The van der Waals surface area contributed by atoms with E-state index in [1.807, 2.05) is 6.07 Å². The van der Waals surface area contributed by atoms with Crippen LogP contribution in [0.25, 0.3) is 0 Å². The lowest BCUT2D eigenvalue weighted by molar-refractivity contribution is 0.354. The van der Waals surface area contributed by atoms with Crippen molar-refractivity contribution < 1.29 is 9.47 Å². The van der Waals surface area contributed by atoms with E-state index in [0.717, 1.165) is 5.56 Å². The van der Waals surface area contributed by atoms with Gasteiger partial charge in [-0.2, -0.15) is 0 Å². The van der Waals surface area contributed by atoms with Crippen molar-refractivity contribution >= 4 is 11.6 Å². The van der Waals surface area contributed by atoms with Gasteiger partial charge >= 0.3 is 0 Å². The largest absolute Gasteiger partial charge is 0.493 e. The molecule has 0 aliphatic heterocycles. The summed E-state index contributed by atoms with van der Waals surface area (Å²) in [5.41, 5.74) is 7.17. The Bertz CT molecular complexity index is 422. The zero-order valence-corrected chi connectivity index (χ0v) is 11.1. The molecule has 0 saturated heterocycles. The predicted molar refractivity (Wildman–Crippen MR) is 68.8 cm³/mol. The topological polar surface area (TPSA) is 44.5 Å². The Labute approximate surface area is 107 Å². The first-order valence-electron chi connectivity index (χ1n) is 5.75. The van der Waals surface area contributed by atoms with Crippen LogP contribution in [-0.4, -0.2) is 14.2 Å². The fourth-order valence-corrected chi connectivity index (χ4v) is 2.49. The van der Waals surface area contributed by atoms with Crippen molar-refractivity contribution in [1.29, 1.82) is 0 Å². The Hall–Kier alpha value is -0.930. The molecular weight excluding hydrogens is 238 g/mol. The molecule has 1 saturated carbocycles. The van der Waals surface area contributed by atoms with Crippen LogP contribution < -0.4 is 15.2 Å². The molecule has 3 nitrogen and oxygen atoms in total. The van der Waals surface area contributed by atoms with Crippen molar-refractivity contribution in [2.75, 3.05) is 14.2 Å². The highest BCUT2D eigenvalue weighted by molar-refractivity contribution is 6.31. The molecule has 0 heterocycles. The second kappa shape index (κ2) is 4.75. The SMILES string of the molecule is COc1cc(Cl)c(C(N)C2CC2C)cc1OC. The molecule has 1 aromatic carbocycles. The lowest BCUT2D eigenvalue weighted by atomic mass is 10.0. The molecule has 2 N–H and O–H groups in total. The summed E-state index contributed by atoms with van der Waals surface area (Å²) in [6, 6.07) is 3.64. The van der Waals surface area contributed by atoms with Gasteiger partial charge in [-0.1, -0.05) is 18.5 Å². The molecule has 0 aromatic heterocycles. The average Bonchev–Trinajstić information content (AvgIpc) is 3.05. The van der Waals surface area contributed by atoms with Crippen molar-refractivity contribution in [2.45, 2.75) is 19.4 Å². The Morgan fingerprint density at radius 2 is 1.82 bits per heavy atom. The first-order chi connectivity index (χ1) is 8.08. The van der Waals surface area contributed by atoms with Crippen LogP contribution in [0.2, 0.25) is 5.02 Å². The molecule has 1 aromatic rings. The number of ether oxygens (including phenoxy) is 2. The van der Waals surface area contributed by atoms with Gasteiger partial charge in [0.1, 0.15) is 0 Å². The lowest BCUT2D eigenvalue weighted by Gasteiger charge is -2.16. The van der Waals surface area contributed by atoms with E-state index >= 15 is 0 Å². The average molecular weight is 256 g/mol. The van der Waals surface area contributed by atoms with Crippen LogP contribution in [0.1, 0.15) is 24.9 Å². The van der Waals surface area contributed by atoms with E-state index in [1.54, 1.807) is 20.3 Å². The van der Waals surface area contributed by atoms with Crippen LogP contribution in [-0.2, 0) is 0 Å². The van der Waals surface area contributed by atoms with Gasteiger partial charge in [0.15, 0.2) is 11.5 Å². The van der Waals surface area contributed by atoms with Gasteiger partial charge in [0.25, 0.3) is 0 Å². The maximum absolute atomic E-state index is 6.24. The molecule has 0 radical (unpaired) electrons.